The maximum atomic E-state index is 12.6. The van der Waals surface area contributed by atoms with Gasteiger partial charge in [0.25, 0.3) is 0 Å². The maximum absolute atomic E-state index is 12.6. The first-order valence-corrected chi connectivity index (χ1v) is 18.6. The van der Waals surface area contributed by atoms with Crippen LogP contribution in [0.3, 0.4) is 0 Å². The van der Waals surface area contributed by atoms with Crippen molar-refractivity contribution >= 4 is 23.4 Å². The number of benzene rings is 2. The molecule has 0 amide bonds. The molecule has 0 radical (unpaired) electrons. The molecular formula is C41H62N2O2. The SMILES string of the molecule is CCCCCCCCCCCCN(CCCCCCCCCCCC)c1ccc(C=C2C(=O)ON=C2c2ccccc2)c(C)c1. The van der Waals surface area contributed by atoms with Crippen molar-refractivity contribution in [3.8, 4) is 0 Å². The summed E-state index contributed by atoms with van der Waals surface area (Å²) in [4.78, 5) is 20.3. The number of nitrogens with zero attached hydrogens (tertiary/aromatic N) is 2. The van der Waals surface area contributed by atoms with Crippen molar-refractivity contribution in [1.29, 1.82) is 0 Å². The molecule has 2 aromatic carbocycles. The van der Waals surface area contributed by atoms with Crippen molar-refractivity contribution in [1.82, 2.24) is 0 Å². The average molecular weight is 615 g/mol. The highest BCUT2D eigenvalue weighted by Crippen LogP contribution is 2.26. The Hall–Kier alpha value is -2.88. The summed E-state index contributed by atoms with van der Waals surface area (Å²) < 4.78 is 0. The second-order valence-electron chi connectivity index (χ2n) is 13.1. The van der Waals surface area contributed by atoms with Crippen molar-refractivity contribution in [3.63, 3.8) is 0 Å². The second-order valence-corrected chi connectivity index (χ2v) is 13.1. The van der Waals surface area contributed by atoms with Crippen molar-refractivity contribution in [2.24, 2.45) is 5.16 Å². The first kappa shape index (κ1) is 36.6. The number of unbranched alkanes of at least 4 members (excludes halogenated alkanes) is 18. The van der Waals surface area contributed by atoms with Gasteiger partial charge in [-0.1, -0.05) is 171 Å². The molecule has 0 saturated carbocycles. The van der Waals surface area contributed by atoms with Gasteiger partial charge in [-0.05, 0) is 49.1 Å². The van der Waals surface area contributed by atoms with Gasteiger partial charge in [0.05, 0.1) is 5.57 Å². The van der Waals surface area contributed by atoms with E-state index in [1.54, 1.807) is 0 Å². The molecule has 0 N–H and O–H groups in total. The predicted molar refractivity (Wildman–Crippen MR) is 194 cm³/mol. The molecule has 0 aliphatic carbocycles. The zero-order valence-electron chi connectivity index (χ0n) is 29.0. The Morgan fingerprint density at radius 2 is 1.13 bits per heavy atom. The zero-order valence-corrected chi connectivity index (χ0v) is 29.0. The van der Waals surface area contributed by atoms with Crippen molar-refractivity contribution in [2.75, 3.05) is 18.0 Å². The molecule has 1 aliphatic heterocycles. The van der Waals surface area contributed by atoms with E-state index in [1.165, 1.54) is 140 Å². The Morgan fingerprint density at radius 1 is 0.644 bits per heavy atom. The summed E-state index contributed by atoms with van der Waals surface area (Å²) in [7, 11) is 0. The standard InChI is InChI=1S/C41H62N2O2/c1-4-6-8-10-12-14-16-18-20-25-31-43(32-26-21-19-17-15-13-11-9-7-5-2)38-30-29-37(35(3)33-38)34-39-40(42-45-41(39)44)36-27-23-22-24-28-36/h22-24,27-30,33-34H,4-21,25-26,31-32H2,1-3H3. The summed E-state index contributed by atoms with van der Waals surface area (Å²) in [5.41, 5.74) is 5.52. The predicted octanol–water partition coefficient (Wildman–Crippen LogP) is 12.0. The molecule has 2 aromatic rings. The van der Waals surface area contributed by atoms with Gasteiger partial charge in [-0.3, -0.25) is 0 Å². The van der Waals surface area contributed by atoms with Crippen LogP contribution in [0.5, 0.6) is 0 Å². The van der Waals surface area contributed by atoms with E-state index < -0.39 is 0 Å². The third-order valence-corrected chi connectivity index (χ3v) is 9.22. The topological polar surface area (TPSA) is 41.9 Å². The van der Waals surface area contributed by atoms with Gasteiger partial charge in [0.2, 0.25) is 0 Å². The number of anilines is 1. The van der Waals surface area contributed by atoms with Crippen molar-refractivity contribution in [3.05, 3.63) is 70.8 Å². The molecule has 0 unspecified atom stereocenters. The number of carbonyl (C=O) groups is 1. The van der Waals surface area contributed by atoms with Gasteiger partial charge >= 0.3 is 5.97 Å². The summed E-state index contributed by atoms with van der Waals surface area (Å²) in [6.07, 6.45) is 29.2. The average Bonchev–Trinajstić information content (AvgIpc) is 3.42. The lowest BCUT2D eigenvalue weighted by molar-refractivity contribution is -0.136. The third kappa shape index (κ3) is 14.0. The molecule has 0 saturated heterocycles. The highest BCUT2D eigenvalue weighted by atomic mass is 16.7. The van der Waals surface area contributed by atoms with Crippen LogP contribution in [-0.4, -0.2) is 24.8 Å². The van der Waals surface area contributed by atoms with Crippen LogP contribution in [0.1, 0.15) is 159 Å². The lowest BCUT2D eigenvalue weighted by Crippen LogP contribution is -2.25. The van der Waals surface area contributed by atoms with E-state index in [9.17, 15) is 4.79 Å². The van der Waals surface area contributed by atoms with Gasteiger partial charge in [0.1, 0.15) is 5.71 Å². The third-order valence-electron chi connectivity index (χ3n) is 9.22. The Bertz CT molecular complexity index is 1130. The Balaban J connectivity index is 1.55. The van der Waals surface area contributed by atoms with Gasteiger partial charge in [-0.25, -0.2) is 4.79 Å². The lowest BCUT2D eigenvalue weighted by atomic mass is 9.98. The van der Waals surface area contributed by atoms with E-state index in [0.29, 0.717) is 11.3 Å². The Morgan fingerprint density at radius 3 is 1.62 bits per heavy atom. The van der Waals surface area contributed by atoms with E-state index in [0.717, 1.165) is 24.2 Å². The minimum absolute atomic E-state index is 0.388. The number of hydrogen-bond acceptors (Lipinski definition) is 4. The summed E-state index contributed by atoms with van der Waals surface area (Å²) in [6.45, 7) is 8.96. The van der Waals surface area contributed by atoms with Crippen LogP contribution in [0.2, 0.25) is 0 Å². The molecule has 1 aliphatic rings. The number of rotatable bonds is 25. The highest BCUT2D eigenvalue weighted by Gasteiger charge is 2.27. The second kappa shape index (κ2) is 22.6. The molecule has 248 valence electrons. The van der Waals surface area contributed by atoms with Crippen molar-refractivity contribution in [2.45, 2.75) is 149 Å². The fourth-order valence-corrected chi connectivity index (χ4v) is 6.34. The quantitative estimate of drug-likeness (QED) is 0.0634. The number of hydrogen-bond donors (Lipinski definition) is 0. The van der Waals surface area contributed by atoms with Crippen LogP contribution >= 0.6 is 0 Å². The lowest BCUT2D eigenvalue weighted by Gasteiger charge is -2.26. The minimum Gasteiger partial charge on any atom is -0.372 e. The molecule has 4 heteroatoms. The van der Waals surface area contributed by atoms with Crippen LogP contribution in [0.25, 0.3) is 6.08 Å². The highest BCUT2D eigenvalue weighted by molar-refractivity contribution is 6.31. The monoisotopic (exact) mass is 614 g/mol. The van der Waals surface area contributed by atoms with E-state index in [-0.39, 0.29) is 5.97 Å². The molecule has 0 bridgehead atoms. The molecule has 0 spiro atoms. The largest absolute Gasteiger partial charge is 0.372 e. The maximum Gasteiger partial charge on any atom is 0.368 e. The van der Waals surface area contributed by atoms with Gasteiger partial charge in [0, 0.05) is 24.3 Å². The van der Waals surface area contributed by atoms with Gasteiger partial charge in [-0.2, -0.15) is 0 Å². The van der Waals surface area contributed by atoms with Gasteiger partial charge in [0.15, 0.2) is 0 Å². The van der Waals surface area contributed by atoms with E-state index >= 15 is 0 Å². The fraction of sp³-hybridized carbons (Fsp3) is 0.610. The first-order chi connectivity index (χ1) is 22.1. The minimum atomic E-state index is -0.388. The first-order valence-electron chi connectivity index (χ1n) is 18.6. The van der Waals surface area contributed by atoms with E-state index in [2.05, 4.69) is 49.0 Å². The smallest absolute Gasteiger partial charge is 0.368 e. The molecular weight excluding hydrogens is 552 g/mol. The molecule has 4 nitrogen and oxygen atoms in total. The van der Waals surface area contributed by atoms with Crippen molar-refractivity contribution < 1.29 is 9.63 Å². The van der Waals surface area contributed by atoms with Crippen LogP contribution in [0.15, 0.2) is 59.3 Å². The summed E-state index contributed by atoms with van der Waals surface area (Å²) >= 11 is 0. The molecule has 3 rings (SSSR count). The van der Waals surface area contributed by atoms with E-state index in [1.807, 2.05) is 36.4 Å². The summed E-state index contributed by atoms with van der Waals surface area (Å²) in [5, 5.41) is 4.08. The fourth-order valence-electron chi connectivity index (χ4n) is 6.34. The van der Waals surface area contributed by atoms with Gasteiger partial charge < -0.3 is 9.74 Å². The number of carbonyl (C=O) groups excluding carboxylic acids is 1. The zero-order chi connectivity index (χ0) is 32.0. The Kier molecular flexibility index (Phi) is 18.4. The number of oxime groups is 1. The van der Waals surface area contributed by atoms with E-state index in [4.69, 9.17) is 4.84 Å². The molecule has 0 atom stereocenters. The molecule has 45 heavy (non-hydrogen) atoms. The normalized spacial score (nSPS) is 13.8. The molecule has 0 fully saturated rings. The van der Waals surface area contributed by atoms with Gasteiger partial charge in [-0.15, -0.1) is 0 Å². The van der Waals surface area contributed by atoms with Crippen LogP contribution in [0.4, 0.5) is 5.69 Å². The Labute approximate surface area is 275 Å². The summed E-state index contributed by atoms with van der Waals surface area (Å²) in [6, 6.07) is 16.5. The molecule has 1 heterocycles. The number of aryl methyl sites for hydroxylation is 1. The van der Waals surface area contributed by atoms with Crippen LogP contribution in [0, 0.1) is 6.92 Å². The van der Waals surface area contributed by atoms with Crippen LogP contribution < -0.4 is 4.90 Å². The van der Waals surface area contributed by atoms with Crippen LogP contribution in [-0.2, 0) is 9.63 Å². The summed E-state index contributed by atoms with van der Waals surface area (Å²) in [5.74, 6) is -0.388. The molecule has 0 aromatic heterocycles.